The standard InChI is InChI=1S/C22H18ClF2NO3S/c1-14-21(15-6-3-2-4-7-15)29-22-18(23)8-5-9-20(22)30(27,28)26(14)13-16-10-11-17(24)12-19(16)25/h2-12,14,21H,13H2,1H3/t14-,21-/m0/s1. The summed E-state index contributed by atoms with van der Waals surface area (Å²) in [5.41, 5.74) is 0.807. The third kappa shape index (κ3) is 3.69. The van der Waals surface area contributed by atoms with Crippen LogP contribution in [0.4, 0.5) is 8.78 Å². The largest absolute Gasteiger partial charge is 0.481 e. The number of hydrogen-bond donors (Lipinski definition) is 0. The molecule has 0 bridgehead atoms. The fourth-order valence-corrected chi connectivity index (χ4v) is 5.59. The van der Waals surface area contributed by atoms with Crippen LogP contribution in [-0.2, 0) is 16.6 Å². The SMILES string of the molecule is C[C@H]1[C@@H](c2ccccc2)Oc2c(Cl)cccc2S(=O)(=O)N1Cc1ccc(F)cc1F. The summed E-state index contributed by atoms with van der Waals surface area (Å²) in [5, 5.41) is 0.166. The van der Waals surface area contributed by atoms with Gasteiger partial charge in [-0.1, -0.05) is 54.1 Å². The van der Waals surface area contributed by atoms with E-state index in [2.05, 4.69) is 0 Å². The molecule has 0 N–H and O–H groups in total. The molecule has 8 heteroatoms. The van der Waals surface area contributed by atoms with Crippen LogP contribution < -0.4 is 4.74 Å². The summed E-state index contributed by atoms with van der Waals surface area (Å²) in [5.74, 6) is -1.49. The number of para-hydroxylation sites is 1. The smallest absolute Gasteiger partial charge is 0.247 e. The first-order valence-corrected chi connectivity index (χ1v) is 11.1. The highest BCUT2D eigenvalue weighted by Gasteiger charge is 2.41. The molecule has 1 aliphatic rings. The van der Waals surface area contributed by atoms with Crippen LogP contribution in [-0.4, -0.2) is 18.8 Å². The van der Waals surface area contributed by atoms with Crippen molar-refractivity contribution in [1.29, 1.82) is 0 Å². The monoisotopic (exact) mass is 449 g/mol. The van der Waals surface area contributed by atoms with Crippen LogP contribution in [0.5, 0.6) is 5.75 Å². The molecule has 156 valence electrons. The van der Waals surface area contributed by atoms with E-state index in [0.29, 0.717) is 0 Å². The van der Waals surface area contributed by atoms with Gasteiger partial charge in [0.25, 0.3) is 0 Å². The quantitative estimate of drug-likeness (QED) is 0.543. The summed E-state index contributed by atoms with van der Waals surface area (Å²) in [6.07, 6.45) is -0.689. The minimum absolute atomic E-state index is 0.0574. The van der Waals surface area contributed by atoms with Gasteiger partial charge in [-0.15, -0.1) is 0 Å². The Morgan fingerprint density at radius 1 is 1.03 bits per heavy atom. The van der Waals surface area contributed by atoms with E-state index in [1.54, 1.807) is 13.0 Å². The van der Waals surface area contributed by atoms with E-state index >= 15 is 0 Å². The van der Waals surface area contributed by atoms with E-state index in [4.69, 9.17) is 16.3 Å². The van der Waals surface area contributed by atoms with E-state index in [1.807, 2.05) is 30.3 Å². The maximum Gasteiger partial charge on any atom is 0.247 e. The van der Waals surface area contributed by atoms with Gasteiger partial charge in [0.15, 0.2) is 5.75 Å². The van der Waals surface area contributed by atoms with Gasteiger partial charge < -0.3 is 4.74 Å². The summed E-state index contributed by atoms with van der Waals surface area (Å²) in [6, 6.07) is 16.0. The van der Waals surface area contributed by atoms with Crippen molar-refractivity contribution < 1.29 is 21.9 Å². The van der Waals surface area contributed by atoms with E-state index in [-0.39, 0.29) is 27.8 Å². The number of fused-ring (bicyclic) bond motifs is 1. The lowest BCUT2D eigenvalue weighted by Crippen LogP contribution is -2.41. The molecule has 4 nitrogen and oxygen atoms in total. The highest BCUT2D eigenvalue weighted by Crippen LogP contribution is 2.43. The normalized spacial score (nSPS) is 20.8. The Bertz CT molecular complexity index is 1190. The topological polar surface area (TPSA) is 46.6 Å². The second kappa shape index (κ2) is 7.98. The van der Waals surface area contributed by atoms with Gasteiger partial charge in [-0.05, 0) is 30.7 Å². The van der Waals surface area contributed by atoms with Crippen molar-refractivity contribution in [3.8, 4) is 5.75 Å². The molecule has 30 heavy (non-hydrogen) atoms. The van der Waals surface area contributed by atoms with Crippen molar-refractivity contribution in [3.63, 3.8) is 0 Å². The molecular formula is C22H18ClF2NO3S. The molecule has 4 rings (SSSR count). The minimum atomic E-state index is -4.09. The summed E-state index contributed by atoms with van der Waals surface area (Å²) in [7, 11) is -4.09. The van der Waals surface area contributed by atoms with Gasteiger partial charge in [0.05, 0.1) is 11.1 Å². The Balaban J connectivity index is 1.88. The average Bonchev–Trinajstić information content (AvgIpc) is 2.79. The molecule has 3 aromatic rings. The molecule has 0 saturated carbocycles. The molecule has 1 heterocycles. The Labute approximate surface area is 178 Å². The first kappa shape index (κ1) is 20.8. The predicted octanol–water partition coefficient (Wildman–Crippen LogP) is 5.33. The first-order chi connectivity index (χ1) is 14.3. The van der Waals surface area contributed by atoms with Crippen LogP contribution in [0.2, 0.25) is 5.02 Å². The summed E-state index contributed by atoms with van der Waals surface area (Å²) in [6.45, 7) is 1.41. The number of rotatable bonds is 3. The van der Waals surface area contributed by atoms with Crippen LogP contribution in [0.3, 0.4) is 0 Å². The molecule has 0 spiro atoms. The predicted molar refractivity (Wildman–Crippen MR) is 110 cm³/mol. The highest BCUT2D eigenvalue weighted by molar-refractivity contribution is 7.89. The zero-order chi connectivity index (χ0) is 21.5. The number of sulfonamides is 1. The molecule has 0 unspecified atom stereocenters. The van der Waals surface area contributed by atoms with Crippen molar-refractivity contribution in [1.82, 2.24) is 4.31 Å². The van der Waals surface area contributed by atoms with E-state index < -0.39 is 33.8 Å². The third-order valence-corrected chi connectivity index (χ3v) is 7.38. The maximum absolute atomic E-state index is 14.4. The molecule has 0 fully saturated rings. The van der Waals surface area contributed by atoms with Crippen molar-refractivity contribution in [2.45, 2.75) is 30.5 Å². The molecule has 3 aromatic carbocycles. The van der Waals surface area contributed by atoms with Gasteiger partial charge in [-0.3, -0.25) is 0 Å². The van der Waals surface area contributed by atoms with Gasteiger partial charge in [-0.2, -0.15) is 4.31 Å². The first-order valence-electron chi connectivity index (χ1n) is 9.25. The second-order valence-corrected chi connectivity index (χ2v) is 9.31. The number of benzene rings is 3. The van der Waals surface area contributed by atoms with Crippen LogP contribution in [0.1, 0.15) is 24.2 Å². The maximum atomic E-state index is 14.4. The molecular weight excluding hydrogens is 432 g/mol. The number of ether oxygens (including phenoxy) is 1. The zero-order valence-electron chi connectivity index (χ0n) is 15.9. The molecule has 0 amide bonds. The van der Waals surface area contributed by atoms with Gasteiger partial charge in [0.2, 0.25) is 10.0 Å². The number of nitrogens with zero attached hydrogens (tertiary/aromatic N) is 1. The fourth-order valence-electron chi connectivity index (χ4n) is 3.56. The lowest BCUT2D eigenvalue weighted by Gasteiger charge is -2.31. The van der Waals surface area contributed by atoms with E-state index in [0.717, 1.165) is 17.7 Å². The Morgan fingerprint density at radius 2 is 1.77 bits per heavy atom. The zero-order valence-corrected chi connectivity index (χ0v) is 17.5. The van der Waals surface area contributed by atoms with Crippen LogP contribution in [0, 0.1) is 11.6 Å². The molecule has 0 aromatic heterocycles. The number of halogens is 3. The van der Waals surface area contributed by atoms with Gasteiger partial charge in [0, 0.05) is 18.2 Å². The van der Waals surface area contributed by atoms with E-state index in [1.165, 1.54) is 22.5 Å². The van der Waals surface area contributed by atoms with Gasteiger partial charge in [0.1, 0.15) is 22.6 Å². The molecule has 2 atom stereocenters. The fraction of sp³-hybridized carbons (Fsp3) is 0.182. The summed E-state index contributed by atoms with van der Waals surface area (Å²) >= 11 is 6.28. The van der Waals surface area contributed by atoms with E-state index in [9.17, 15) is 17.2 Å². The van der Waals surface area contributed by atoms with Crippen LogP contribution in [0.25, 0.3) is 0 Å². The van der Waals surface area contributed by atoms with Gasteiger partial charge in [-0.25, -0.2) is 17.2 Å². The van der Waals surface area contributed by atoms with Crippen molar-refractivity contribution in [2.75, 3.05) is 0 Å². The van der Waals surface area contributed by atoms with Crippen molar-refractivity contribution >= 4 is 21.6 Å². The molecule has 0 radical (unpaired) electrons. The lowest BCUT2D eigenvalue weighted by atomic mass is 10.0. The molecule has 0 saturated heterocycles. The van der Waals surface area contributed by atoms with Crippen LogP contribution >= 0.6 is 11.6 Å². The average molecular weight is 450 g/mol. The van der Waals surface area contributed by atoms with Crippen LogP contribution in [0.15, 0.2) is 71.6 Å². The van der Waals surface area contributed by atoms with Crippen molar-refractivity contribution in [2.24, 2.45) is 0 Å². The van der Waals surface area contributed by atoms with Crippen molar-refractivity contribution in [3.05, 3.63) is 94.5 Å². The third-order valence-electron chi connectivity index (χ3n) is 5.12. The summed E-state index contributed by atoms with van der Waals surface area (Å²) < 4.78 is 62.1. The Morgan fingerprint density at radius 3 is 2.47 bits per heavy atom. The lowest BCUT2D eigenvalue weighted by molar-refractivity contribution is 0.124. The number of hydrogen-bond acceptors (Lipinski definition) is 3. The molecule has 1 aliphatic heterocycles. The summed E-state index contributed by atoms with van der Waals surface area (Å²) in [4.78, 5) is -0.0946. The molecule has 0 aliphatic carbocycles. The highest BCUT2D eigenvalue weighted by atomic mass is 35.5. The minimum Gasteiger partial charge on any atom is -0.481 e. The van der Waals surface area contributed by atoms with Gasteiger partial charge >= 0.3 is 0 Å². The Hall–Kier alpha value is -2.48. The second-order valence-electron chi connectivity index (χ2n) is 7.04. The Kier molecular flexibility index (Phi) is 5.53.